The molecular formula is C13H16F3NO. The van der Waals surface area contributed by atoms with E-state index in [9.17, 15) is 18.3 Å². The van der Waals surface area contributed by atoms with Crippen LogP contribution in [0.1, 0.15) is 30.9 Å². The van der Waals surface area contributed by atoms with E-state index in [2.05, 4.69) is 5.32 Å². The van der Waals surface area contributed by atoms with Gasteiger partial charge in [-0.3, -0.25) is 0 Å². The third-order valence-electron chi connectivity index (χ3n) is 3.41. The molecular weight excluding hydrogens is 243 g/mol. The molecule has 2 rings (SSSR count). The minimum atomic E-state index is -4.67. The van der Waals surface area contributed by atoms with Gasteiger partial charge in [0.05, 0.1) is 0 Å². The normalized spacial score (nSPS) is 19.4. The van der Waals surface area contributed by atoms with Crippen molar-refractivity contribution in [2.45, 2.75) is 38.0 Å². The molecule has 0 bridgehead atoms. The van der Waals surface area contributed by atoms with Crippen molar-refractivity contribution in [1.82, 2.24) is 0 Å². The molecule has 100 valence electrons. The standard InChI is InChI=1S/C13H16F3NO/c1-12(18,13(14,15)16)10-5-6-11-9(8-10)4-2-3-7-17-11/h5-6,8,17-18H,2-4,7H2,1H3. The summed E-state index contributed by atoms with van der Waals surface area (Å²) in [5.41, 5.74) is -1.19. The number of hydrogen-bond donors (Lipinski definition) is 2. The van der Waals surface area contributed by atoms with Gasteiger partial charge in [-0.05, 0) is 43.4 Å². The highest BCUT2D eigenvalue weighted by molar-refractivity contribution is 5.54. The number of hydrogen-bond acceptors (Lipinski definition) is 2. The summed E-state index contributed by atoms with van der Waals surface area (Å²) >= 11 is 0. The number of aryl methyl sites for hydroxylation is 1. The van der Waals surface area contributed by atoms with E-state index in [1.54, 1.807) is 6.07 Å². The van der Waals surface area contributed by atoms with Crippen LogP contribution in [-0.4, -0.2) is 17.8 Å². The van der Waals surface area contributed by atoms with Crippen molar-refractivity contribution in [3.05, 3.63) is 29.3 Å². The van der Waals surface area contributed by atoms with Crippen molar-refractivity contribution >= 4 is 5.69 Å². The number of halogens is 3. The number of alkyl halides is 3. The second-order valence-corrected chi connectivity index (χ2v) is 4.83. The topological polar surface area (TPSA) is 32.3 Å². The quantitative estimate of drug-likeness (QED) is 0.811. The van der Waals surface area contributed by atoms with Crippen LogP contribution in [0.2, 0.25) is 0 Å². The lowest BCUT2D eigenvalue weighted by atomic mass is 9.92. The highest BCUT2D eigenvalue weighted by Crippen LogP contribution is 2.39. The van der Waals surface area contributed by atoms with Gasteiger partial charge in [-0.25, -0.2) is 0 Å². The minimum absolute atomic E-state index is 0.0996. The first kappa shape index (κ1) is 13.2. The molecule has 2 N–H and O–H groups in total. The Morgan fingerprint density at radius 3 is 2.61 bits per heavy atom. The van der Waals surface area contributed by atoms with Crippen molar-refractivity contribution in [1.29, 1.82) is 0 Å². The van der Waals surface area contributed by atoms with Crippen LogP contribution in [0.25, 0.3) is 0 Å². The maximum Gasteiger partial charge on any atom is 0.421 e. The number of aliphatic hydroxyl groups is 1. The second kappa shape index (κ2) is 4.46. The van der Waals surface area contributed by atoms with Crippen molar-refractivity contribution in [2.75, 3.05) is 11.9 Å². The zero-order chi connectivity index (χ0) is 13.4. The smallest absolute Gasteiger partial charge is 0.385 e. The van der Waals surface area contributed by atoms with E-state index >= 15 is 0 Å². The molecule has 0 radical (unpaired) electrons. The Bertz CT molecular complexity index is 440. The van der Waals surface area contributed by atoms with Crippen LogP contribution in [0.4, 0.5) is 18.9 Å². The zero-order valence-electron chi connectivity index (χ0n) is 10.1. The Morgan fingerprint density at radius 1 is 1.22 bits per heavy atom. The summed E-state index contributed by atoms with van der Waals surface area (Å²) < 4.78 is 38.3. The monoisotopic (exact) mass is 259 g/mol. The summed E-state index contributed by atoms with van der Waals surface area (Å²) in [5.74, 6) is 0. The largest absolute Gasteiger partial charge is 0.421 e. The molecule has 1 aromatic rings. The first-order valence-corrected chi connectivity index (χ1v) is 5.99. The molecule has 5 heteroatoms. The molecule has 0 fully saturated rings. The van der Waals surface area contributed by atoms with Crippen LogP contribution in [0.3, 0.4) is 0 Å². The SMILES string of the molecule is CC(O)(c1ccc2c(c1)CCCCN2)C(F)(F)F. The van der Waals surface area contributed by atoms with Crippen molar-refractivity contribution < 1.29 is 18.3 Å². The van der Waals surface area contributed by atoms with Crippen molar-refractivity contribution in [3.8, 4) is 0 Å². The fourth-order valence-corrected chi connectivity index (χ4v) is 2.10. The van der Waals surface area contributed by atoms with E-state index < -0.39 is 11.8 Å². The van der Waals surface area contributed by atoms with E-state index in [1.807, 2.05) is 0 Å². The lowest BCUT2D eigenvalue weighted by molar-refractivity contribution is -0.258. The van der Waals surface area contributed by atoms with Crippen LogP contribution in [0, 0.1) is 0 Å². The average Bonchev–Trinajstić information content (AvgIpc) is 2.51. The molecule has 0 amide bonds. The van der Waals surface area contributed by atoms with Gasteiger partial charge in [0.15, 0.2) is 5.60 Å². The first-order valence-electron chi connectivity index (χ1n) is 5.99. The van der Waals surface area contributed by atoms with Crippen LogP contribution in [-0.2, 0) is 12.0 Å². The molecule has 18 heavy (non-hydrogen) atoms. The second-order valence-electron chi connectivity index (χ2n) is 4.83. The zero-order valence-corrected chi connectivity index (χ0v) is 10.1. The Hall–Kier alpha value is -1.23. The molecule has 1 aromatic carbocycles. The Kier molecular flexibility index (Phi) is 3.27. The summed E-state index contributed by atoms with van der Waals surface area (Å²) in [6.45, 7) is 1.63. The van der Waals surface area contributed by atoms with Crippen LogP contribution in [0.15, 0.2) is 18.2 Å². The van der Waals surface area contributed by atoms with Crippen molar-refractivity contribution in [3.63, 3.8) is 0 Å². The Labute approximate surface area is 104 Å². The van der Waals surface area contributed by atoms with Crippen LogP contribution >= 0.6 is 0 Å². The number of benzene rings is 1. The minimum Gasteiger partial charge on any atom is -0.385 e. The van der Waals surface area contributed by atoms with Gasteiger partial charge in [0.2, 0.25) is 0 Å². The van der Waals surface area contributed by atoms with Gasteiger partial charge in [0, 0.05) is 12.2 Å². The van der Waals surface area contributed by atoms with Gasteiger partial charge in [-0.1, -0.05) is 12.1 Å². The lowest BCUT2D eigenvalue weighted by Gasteiger charge is -2.27. The molecule has 0 aromatic heterocycles. The Balaban J connectivity index is 2.39. The molecule has 1 atom stereocenters. The molecule has 1 unspecified atom stereocenters. The van der Waals surface area contributed by atoms with Gasteiger partial charge in [-0.15, -0.1) is 0 Å². The highest BCUT2D eigenvalue weighted by Gasteiger charge is 2.51. The fourth-order valence-electron chi connectivity index (χ4n) is 2.10. The summed E-state index contributed by atoms with van der Waals surface area (Å²) in [7, 11) is 0. The first-order chi connectivity index (χ1) is 8.32. The molecule has 0 saturated carbocycles. The van der Waals surface area contributed by atoms with E-state index in [1.165, 1.54) is 12.1 Å². The maximum atomic E-state index is 12.8. The Morgan fingerprint density at radius 2 is 1.94 bits per heavy atom. The molecule has 0 aliphatic carbocycles. The number of fused-ring (bicyclic) bond motifs is 1. The average molecular weight is 259 g/mol. The number of anilines is 1. The number of nitrogens with one attached hydrogen (secondary N) is 1. The van der Waals surface area contributed by atoms with Gasteiger partial charge in [-0.2, -0.15) is 13.2 Å². The molecule has 1 aliphatic heterocycles. The molecule has 2 nitrogen and oxygen atoms in total. The molecule has 0 saturated heterocycles. The van der Waals surface area contributed by atoms with E-state index in [4.69, 9.17) is 0 Å². The lowest BCUT2D eigenvalue weighted by Crippen LogP contribution is -2.39. The maximum absolute atomic E-state index is 12.8. The summed E-state index contributed by atoms with van der Waals surface area (Å²) in [5, 5.41) is 12.8. The number of rotatable bonds is 1. The van der Waals surface area contributed by atoms with Crippen LogP contribution in [0.5, 0.6) is 0 Å². The summed E-state index contributed by atoms with van der Waals surface area (Å²) in [4.78, 5) is 0. The van der Waals surface area contributed by atoms with Gasteiger partial charge >= 0.3 is 6.18 Å². The van der Waals surface area contributed by atoms with Crippen molar-refractivity contribution in [2.24, 2.45) is 0 Å². The molecule has 0 spiro atoms. The summed E-state index contributed by atoms with van der Waals surface area (Å²) in [6, 6.07) is 4.42. The molecule has 1 aliphatic rings. The van der Waals surface area contributed by atoms with E-state index in [0.29, 0.717) is 0 Å². The van der Waals surface area contributed by atoms with E-state index in [-0.39, 0.29) is 5.56 Å². The predicted octanol–water partition coefficient (Wildman–Crippen LogP) is 3.20. The van der Waals surface area contributed by atoms with Gasteiger partial charge in [0.1, 0.15) is 0 Å². The fraction of sp³-hybridized carbons (Fsp3) is 0.538. The third-order valence-corrected chi connectivity index (χ3v) is 3.41. The van der Waals surface area contributed by atoms with E-state index in [0.717, 1.165) is 44.0 Å². The third kappa shape index (κ3) is 2.32. The highest BCUT2D eigenvalue weighted by atomic mass is 19.4. The van der Waals surface area contributed by atoms with Crippen LogP contribution < -0.4 is 5.32 Å². The predicted molar refractivity (Wildman–Crippen MR) is 63.5 cm³/mol. The summed E-state index contributed by atoms with van der Waals surface area (Å²) in [6.07, 6.45) is -1.99. The van der Waals surface area contributed by atoms with Gasteiger partial charge in [0.25, 0.3) is 0 Å². The molecule has 1 heterocycles. The van der Waals surface area contributed by atoms with Gasteiger partial charge < -0.3 is 10.4 Å².